The second kappa shape index (κ2) is 4.01. The highest BCUT2D eigenvalue weighted by molar-refractivity contribution is 5.22. The molecule has 0 amide bonds. The second-order valence-corrected chi connectivity index (χ2v) is 6.43. The molecular weight excluding hydrogens is 247 g/mol. The Morgan fingerprint density at radius 3 is 2.00 bits per heavy atom. The van der Waals surface area contributed by atoms with Crippen LogP contribution in [0.25, 0.3) is 0 Å². The van der Waals surface area contributed by atoms with Gasteiger partial charge in [0.2, 0.25) is 0 Å². The van der Waals surface area contributed by atoms with E-state index in [0.29, 0.717) is 25.4 Å². The average molecular weight is 266 g/mol. The van der Waals surface area contributed by atoms with E-state index in [1.165, 1.54) is 6.07 Å². The van der Waals surface area contributed by atoms with Crippen molar-refractivity contribution in [3.63, 3.8) is 0 Å². The van der Waals surface area contributed by atoms with Crippen molar-refractivity contribution in [1.82, 2.24) is 0 Å². The molecule has 3 heterocycles. The van der Waals surface area contributed by atoms with Gasteiger partial charge in [-0.1, -0.05) is 32.9 Å². The Kier molecular flexibility index (Phi) is 2.75. The van der Waals surface area contributed by atoms with E-state index in [0.717, 1.165) is 0 Å². The Bertz CT molecular complexity index is 468. The summed E-state index contributed by atoms with van der Waals surface area (Å²) in [4.78, 5) is 0. The zero-order chi connectivity index (χ0) is 13.7. The fraction of sp³-hybridized carbons (Fsp3) is 0.600. The van der Waals surface area contributed by atoms with E-state index < -0.39 is 5.97 Å². The molecule has 1 aromatic carbocycles. The van der Waals surface area contributed by atoms with Crippen molar-refractivity contribution in [2.45, 2.75) is 26.7 Å². The third-order valence-electron chi connectivity index (χ3n) is 4.41. The lowest BCUT2D eigenvalue weighted by Crippen LogP contribution is -2.62. The van der Waals surface area contributed by atoms with Crippen molar-refractivity contribution in [3.05, 3.63) is 35.6 Å². The van der Waals surface area contributed by atoms with Gasteiger partial charge in [0.1, 0.15) is 5.82 Å². The first kappa shape index (κ1) is 13.0. The van der Waals surface area contributed by atoms with Gasteiger partial charge in [0.25, 0.3) is 0 Å². The minimum absolute atomic E-state index is 0.00874. The van der Waals surface area contributed by atoms with Crippen LogP contribution in [0.1, 0.15) is 26.3 Å². The lowest BCUT2D eigenvalue weighted by Gasteiger charge is -2.56. The van der Waals surface area contributed by atoms with Crippen LogP contribution in [-0.4, -0.2) is 19.8 Å². The molecular formula is C15H19FO3. The van der Waals surface area contributed by atoms with Crippen LogP contribution >= 0.6 is 0 Å². The molecule has 104 valence electrons. The highest BCUT2D eigenvalue weighted by Crippen LogP contribution is 2.52. The average Bonchev–Trinajstić information content (AvgIpc) is 2.40. The van der Waals surface area contributed by atoms with Crippen LogP contribution in [0.5, 0.6) is 0 Å². The maximum Gasteiger partial charge on any atom is 0.314 e. The predicted octanol–water partition coefficient (Wildman–Crippen LogP) is 3.05. The minimum Gasteiger partial charge on any atom is -0.323 e. The molecule has 4 heteroatoms. The topological polar surface area (TPSA) is 27.7 Å². The predicted molar refractivity (Wildman–Crippen MR) is 67.8 cm³/mol. The first-order valence-corrected chi connectivity index (χ1v) is 6.56. The molecule has 0 aliphatic carbocycles. The van der Waals surface area contributed by atoms with Crippen LogP contribution in [0, 0.1) is 16.6 Å². The molecule has 0 radical (unpaired) electrons. The lowest BCUT2D eigenvalue weighted by atomic mass is 9.67. The van der Waals surface area contributed by atoms with Crippen molar-refractivity contribution < 1.29 is 18.6 Å². The maximum atomic E-state index is 13.9. The van der Waals surface area contributed by atoms with E-state index in [-0.39, 0.29) is 16.6 Å². The van der Waals surface area contributed by atoms with Crippen LogP contribution < -0.4 is 0 Å². The van der Waals surface area contributed by atoms with E-state index in [4.69, 9.17) is 14.2 Å². The highest BCUT2D eigenvalue weighted by Gasteiger charge is 2.58. The number of halogens is 1. The van der Waals surface area contributed by atoms with Gasteiger partial charge in [0.05, 0.1) is 25.4 Å². The van der Waals surface area contributed by atoms with Gasteiger partial charge in [-0.15, -0.1) is 0 Å². The molecule has 3 nitrogen and oxygen atoms in total. The number of ether oxygens (including phenoxy) is 3. The molecule has 0 spiro atoms. The van der Waals surface area contributed by atoms with Crippen LogP contribution in [-0.2, 0) is 20.2 Å². The molecule has 0 aromatic heterocycles. The van der Waals surface area contributed by atoms with Gasteiger partial charge in [0.15, 0.2) is 0 Å². The summed E-state index contributed by atoms with van der Waals surface area (Å²) in [5.41, 5.74) is 0.159. The number of rotatable bonds is 1. The summed E-state index contributed by atoms with van der Waals surface area (Å²) < 4.78 is 31.2. The molecule has 1 aromatic rings. The number of fused-ring (bicyclic) bond motifs is 3. The zero-order valence-corrected chi connectivity index (χ0v) is 11.5. The maximum absolute atomic E-state index is 13.9. The number of benzene rings is 1. The van der Waals surface area contributed by atoms with Crippen molar-refractivity contribution >= 4 is 0 Å². The molecule has 4 rings (SSSR count). The zero-order valence-electron chi connectivity index (χ0n) is 11.5. The van der Waals surface area contributed by atoms with Gasteiger partial charge in [-0.3, -0.25) is 0 Å². The first-order valence-electron chi connectivity index (χ1n) is 6.56. The van der Waals surface area contributed by atoms with Crippen LogP contribution in [0.4, 0.5) is 4.39 Å². The molecule has 0 N–H and O–H groups in total. The summed E-state index contributed by atoms with van der Waals surface area (Å²) in [6.45, 7) is 7.99. The number of hydrogen-bond donors (Lipinski definition) is 0. The van der Waals surface area contributed by atoms with E-state index in [1.54, 1.807) is 18.2 Å². The molecule has 0 saturated carbocycles. The monoisotopic (exact) mass is 266 g/mol. The van der Waals surface area contributed by atoms with Crippen molar-refractivity contribution in [3.8, 4) is 0 Å². The lowest BCUT2D eigenvalue weighted by molar-refractivity contribution is -0.490. The van der Waals surface area contributed by atoms with Gasteiger partial charge in [-0.25, -0.2) is 4.39 Å². The fourth-order valence-corrected chi connectivity index (χ4v) is 2.54. The van der Waals surface area contributed by atoms with Gasteiger partial charge in [-0.2, -0.15) is 0 Å². The normalized spacial score (nSPS) is 34.5. The van der Waals surface area contributed by atoms with Crippen molar-refractivity contribution in [2.24, 2.45) is 10.8 Å². The quantitative estimate of drug-likeness (QED) is 0.782. The van der Waals surface area contributed by atoms with Crippen LogP contribution in [0.3, 0.4) is 0 Å². The Morgan fingerprint density at radius 2 is 1.53 bits per heavy atom. The number of hydrogen-bond acceptors (Lipinski definition) is 3. The Hall–Kier alpha value is -0.970. The Balaban J connectivity index is 1.92. The molecule has 3 fully saturated rings. The fourth-order valence-electron chi connectivity index (χ4n) is 2.54. The SMILES string of the molecule is CC(C)(C)C12COC(c3ccccc3F)(OC1)OC2. The summed E-state index contributed by atoms with van der Waals surface area (Å²) in [7, 11) is 0. The summed E-state index contributed by atoms with van der Waals surface area (Å²) in [6.07, 6.45) is 0. The van der Waals surface area contributed by atoms with Gasteiger partial charge >= 0.3 is 5.97 Å². The van der Waals surface area contributed by atoms with E-state index >= 15 is 0 Å². The summed E-state index contributed by atoms with van der Waals surface area (Å²) >= 11 is 0. The highest BCUT2D eigenvalue weighted by atomic mass is 19.1. The largest absolute Gasteiger partial charge is 0.323 e. The molecule has 3 saturated heterocycles. The van der Waals surface area contributed by atoms with Crippen LogP contribution in [0.2, 0.25) is 0 Å². The van der Waals surface area contributed by atoms with Gasteiger partial charge in [-0.05, 0) is 17.5 Å². The third kappa shape index (κ3) is 1.82. The summed E-state index contributed by atoms with van der Waals surface area (Å²) in [6, 6.07) is 6.43. The van der Waals surface area contributed by atoms with Gasteiger partial charge < -0.3 is 14.2 Å². The smallest absolute Gasteiger partial charge is 0.314 e. The summed E-state index contributed by atoms with van der Waals surface area (Å²) in [5.74, 6) is -1.73. The Morgan fingerprint density at radius 1 is 1.00 bits per heavy atom. The van der Waals surface area contributed by atoms with E-state index in [1.807, 2.05) is 0 Å². The first-order chi connectivity index (χ1) is 8.89. The van der Waals surface area contributed by atoms with Gasteiger partial charge in [0, 0.05) is 5.41 Å². The van der Waals surface area contributed by atoms with E-state index in [2.05, 4.69) is 20.8 Å². The molecule has 3 aliphatic rings. The van der Waals surface area contributed by atoms with Crippen molar-refractivity contribution in [2.75, 3.05) is 19.8 Å². The standard InChI is InChI=1S/C15H19FO3/c1-13(2,3)14-8-17-15(18-9-14,19-10-14)11-6-4-5-7-12(11)16/h4-7H,8-10H2,1-3H3. The second-order valence-electron chi connectivity index (χ2n) is 6.43. The molecule has 0 atom stereocenters. The van der Waals surface area contributed by atoms with Crippen molar-refractivity contribution in [1.29, 1.82) is 0 Å². The molecule has 3 aliphatic heterocycles. The Labute approximate surface area is 112 Å². The minimum atomic E-state index is -1.36. The molecule has 19 heavy (non-hydrogen) atoms. The third-order valence-corrected chi connectivity index (χ3v) is 4.41. The van der Waals surface area contributed by atoms with Crippen LogP contribution in [0.15, 0.2) is 24.3 Å². The summed E-state index contributed by atoms with van der Waals surface area (Å²) in [5, 5.41) is 0. The van der Waals surface area contributed by atoms with E-state index in [9.17, 15) is 4.39 Å². The molecule has 0 unspecified atom stereocenters. The molecule has 2 bridgehead atoms.